The molecule has 2 aromatic rings. The van der Waals surface area contributed by atoms with Crippen LogP contribution in [0.3, 0.4) is 0 Å². The quantitative estimate of drug-likeness (QED) is 0.833. The molecular weight excluding hydrogens is 234 g/mol. The van der Waals surface area contributed by atoms with Crippen molar-refractivity contribution in [2.45, 2.75) is 46.5 Å². The fourth-order valence-electron chi connectivity index (χ4n) is 2.48. The molecule has 0 saturated heterocycles. The van der Waals surface area contributed by atoms with Crippen molar-refractivity contribution in [3.05, 3.63) is 35.1 Å². The maximum Gasteiger partial charge on any atom is 0.137 e. The van der Waals surface area contributed by atoms with Gasteiger partial charge in [0.1, 0.15) is 5.58 Å². The van der Waals surface area contributed by atoms with Crippen molar-refractivity contribution in [3.63, 3.8) is 0 Å². The molecule has 1 aromatic carbocycles. The molecule has 104 valence electrons. The lowest BCUT2D eigenvalue weighted by molar-refractivity contribution is 0.556. The fraction of sp³-hybridized carbons (Fsp3) is 0.529. The summed E-state index contributed by atoms with van der Waals surface area (Å²) < 4.78 is 5.86. The van der Waals surface area contributed by atoms with E-state index in [2.05, 4.69) is 52.1 Å². The summed E-state index contributed by atoms with van der Waals surface area (Å²) >= 11 is 0. The van der Waals surface area contributed by atoms with Gasteiger partial charge in [-0.3, -0.25) is 0 Å². The SMILES string of the molecule is CCNCCc1coc2c(C(C)(C)C)cc(C)cc12. The normalized spacial score (nSPS) is 12.3. The van der Waals surface area contributed by atoms with Crippen molar-refractivity contribution >= 4 is 11.0 Å². The lowest BCUT2D eigenvalue weighted by atomic mass is 9.84. The summed E-state index contributed by atoms with van der Waals surface area (Å²) in [5, 5.41) is 4.65. The minimum atomic E-state index is 0.112. The van der Waals surface area contributed by atoms with E-state index in [0.717, 1.165) is 25.1 Å². The van der Waals surface area contributed by atoms with Gasteiger partial charge in [0, 0.05) is 10.9 Å². The minimum absolute atomic E-state index is 0.112. The van der Waals surface area contributed by atoms with Gasteiger partial charge in [0.2, 0.25) is 0 Å². The number of likely N-dealkylation sites (N-methyl/N-ethyl adjacent to an activating group) is 1. The lowest BCUT2D eigenvalue weighted by Gasteiger charge is -2.20. The average Bonchev–Trinajstić information content (AvgIpc) is 2.70. The second kappa shape index (κ2) is 5.38. The maximum absolute atomic E-state index is 5.86. The molecule has 2 rings (SSSR count). The molecule has 0 saturated carbocycles. The smallest absolute Gasteiger partial charge is 0.137 e. The van der Waals surface area contributed by atoms with Crippen molar-refractivity contribution < 1.29 is 4.42 Å². The van der Waals surface area contributed by atoms with E-state index in [-0.39, 0.29) is 5.41 Å². The van der Waals surface area contributed by atoms with Gasteiger partial charge < -0.3 is 9.73 Å². The summed E-state index contributed by atoms with van der Waals surface area (Å²) in [6.45, 7) is 13.0. The Balaban J connectivity index is 2.45. The molecule has 0 atom stereocenters. The van der Waals surface area contributed by atoms with Gasteiger partial charge in [0.25, 0.3) is 0 Å². The molecule has 0 aliphatic carbocycles. The summed E-state index contributed by atoms with van der Waals surface area (Å²) in [4.78, 5) is 0. The molecule has 0 aliphatic rings. The Kier molecular flexibility index (Phi) is 4.00. The van der Waals surface area contributed by atoms with Gasteiger partial charge in [-0.05, 0) is 49.0 Å². The molecule has 0 unspecified atom stereocenters. The van der Waals surface area contributed by atoms with Crippen LogP contribution in [0, 0.1) is 6.92 Å². The van der Waals surface area contributed by atoms with Crippen LogP contribution in [0.4, 0.5) is 0 Å². The summed E-state index contributed by atoms with van der Waals surface area (Å²) in [5.41, 5.74) is 5.09. The van der Waals surface area contributed by atoms with Gasteiger partial charge in [-0.15, -0.1) is 0 Å². The van der Waals surface area contributed by atoms with Crippen LogP contribution in [0.5, 0.6) is 0 Å². The number of rotatable bonds is 4. The molecular formula is C17H25NO. The Hall–Kier alpha value is -1.28. The summed E-state index contributed by atoms with van der Waals surface area (Å²) in [7, 11) is 0. The van der Waals surface area contributed by atoms with Crippen molar-refractivity contribution in [3.8, 4) is 0 Å². The second-order valence-electron chi connectivity index (χ2n) is 6.30. The summed E-state index contributed by atoms with van der Waals surface area (Å²) in [5.74, 6) is 0. The van der Waals surface area contributed by atoms with Crippen LogP contribution in [0.15, 0.2) is 22.8 Å². The standard InChI is InChI=1S/C17H25NO/c1-6-18-8-7-13-11-19-16-14(13)9-12(2)10-15(16)17(3,4)5/h9-11,18H,6-8H2,1-5H3. The first-order chi connectivity index (χ1) is 8.93. The van der Waals surface area contributed by atoms with Gasteiger partial charge in [-0.2, -0.15) is 0 Å². The van der Waals surface area contributed by atoms with E-state index >= 15 is 0 Å². The Morgan fingerprint density at radius 3 is 2.58 bits per heavy atom. The van der Waals surface area contributed by atoms with Crippen LogP contribution in [0.2, 0.25) is 0 Å². The first-order valence-corrected chi connectivity index (χ1v) is 7.15. The van der Waals surface area contributed by atoms with Crippen LogP contribution in [-0.2, 0) is 11.8 Å². The molecule has 0 spiro atoms. The third-order valence-corrected chi connectivity index (χ3v) is 3.53. The van der Waals surface area contributed by atoms with Gasteiger partial charge in [0.15, 0.2) is 0 Å². The largest absolute Gasteiger partial charge is 0.464 e. The van der Waals surface area contributed by atoms with E-state index in [1.54, 1.807) is 0 Å². The van der Waals surface area contributed by atoms with E-state index in [4.69, 9.17) is 4.42 Å². The first-order valence-electron chi connectivity index (χ1n) is 7.15. The molecule has 1 N–H and O–H groups in total. The zero-order valence-corrected chi connectivity index (χ0v) is 12.8. The highest BCUT2D eigenvalue weighted by Crippen LogP contribution is 2.33. The predicted octanol–water partition coefficient (Wildman–Crippen LogP) is 4.19. The van der Waals surface area contributed by atoms with Crippen molar-refractivity contribution in [1.29, 1.82) is 0 Å². The summed E-state index contributed by atoms with van der Waals surface area (Å²) in [6, 6.07) is 4.50. The molecule has 1 heterocycles. The Morgan fingerprint density at radius 2 is 1.95 bits per heavy atom. The number of hydrogen-bond acceptors (Lipinski definition) is 2. The van der Waals surface area contributed by atoms with E-state index in [1.165, 1.54) is 22.1 Å². The van der Waals surface area contributed by atoms with Crippen LogP contribution in [-0.4, -0.2) is 13.1 Å². The van der Waals surface area contributed by atoms with E-state index in [0.29, 0.717) is 0 Å². The van der Waals surface area contributed by atoms with E-state index < -0.39 is 0 Å². The van der Waals surface area contributed by atoms with Crippen LogP contribution in [0.1, 0.15) is 44.4 Å². The molecule has 0 aliphatic heterocycles. The highest BCUT2D eigenvalue weighted by atomic mass is 16.3. The topological polar surface area (TPSA) is 25.2 Å². The van der Waals surface area contributed by atoms with Crippen molar-refractivity contribution in [2.75, 3.05) is 13.1 Å². The van der Waals surface area contributed by atoms with Gasteiger partial charge in [-0.1, -0.05) is 33.8 Å². The third kappa shape index (κ3) is 3.01. The summed E-state index contributed by atoms with van der Waals surface area (Å²) in [6.07, 6.45) is 2.95. The molecule has 0 fully saturated rings. The van der Waals surface area contributed by atoms with E-state index in [9.17, 15) is 0 Å². The Bertz CT molecular complexity index is 560. The maximum atomic E-state index is 5.86. The monoisotopic (exact) mass is 259 g/mol. The molecule has 0 bridgehead atoms. The molecule has 19 heavy (non-hydrogen) atoms. The minimum Gasteiger partial charge on any atom is -0.464 e. The van der Waals surface area contributed by atoms with Crippen LogP contribution in [0.25, 0.3) is 11.0 Å². The number of benzene rings is 1. The Morgan fingerprint density at radius 1 is 1.21 bits per heavy atom. The molecule has 2 nitrogen and oxygen atoms in total. The number of nitrogens with one attached hydrogen (secondary N) is 1. The molecule has 0 radical (unpaired) electrons. The molecule has 0 amide bonds. The zero-order valence-electron chi connectivity index (χ0n) is 12.8. The van der Waals surface area contributed by atoms with Crippen molar-refractivity contribution in [1.82, 2.24) is 5.32 Å². The lowest BCUT2D eigenvalue weighted by Crippen LogP contribution is -2.16. The zero-order chi connectivity index (χ0) is 14.0. The first kappa shape index (κ1) is 14.1. The van der Waals surface area contributed by atoms with Gasteiger partial charge in [0.05, 0.1) is 6.26 Å². The number of aryl methyl sites for hydroxylation is 1. The second-order valence-corrected chi connectivity index (χ2v) is 6.30. The van der Waals surface area contributed by atoms with Gasteiger partial charge >= 0.3 is 0 Å². The molecule has 2 heteroatoms. The van der Waals surface area contributed by atoms with Crippen LogP contribution >= 0.6 is 0 Å². The highest BCUT2D eigenvalue weighted by molar-refractivity contribution is 5.85. The average molecular weight is 259 g/mol. The highest BCUT2D eigenvalue weighted by Gasteiger charge is 2.20. The number of furan rings is 1. The fourth-order valence-corrected chi connectivity index (χ4v) is 2.48. The molecule has 1 aromatic heterocycles. The number of hydrogen-bond donors (Lipinski definition) is 1. The predicted molar refractivity (Wildman–Crippen MR) is 81.9 cm³/mol. The Labute approximate surface area is 116 Å². The number of fused-ring (bicyclic) bond motifs is 1. The van der Waals surface area contributed by atoms with Crippen LogP contribution < -0.4 is 5.32 Å². The third-order valence-electron chi connectivity index (χ3n) is 3.53. The van der Waals surface area contributed by atoms with Crippen molar-refractivity contribution in [2.24, 2.45) is 0 Å². The van der Waals surface area contributed by atoms with E-state index in [1.807, 2.05) is 6.26 Å². The van der Waals surface area contributed by atoms with Gasteiger partial charge in [-0.25, -0.2) is 0 Å².